The zero-order valence-electron chi connectivity index (χ0n) is 20.6. The molecule has 0 radical (unpaired) electrons. The van der Waals surface area contributed by atoms with E-state index < -0.39 is 34.9 Å². The molecule has 0 aliphatic heterocycles. The Morgan fingerprint density at radius 1 is 0.974 bits per heavy atom. The van der Waals surface area contributed by atoms with Gasteiger partial charge < -0.3 is 14.9 Å². The van der Waals surface area contributed by atoms with Gasteiger partial charge >= 0.3 is 17.8 Å². The number of carboxylic acid groups (broad SMARTS) is 1. The molecule has 4 rings (SSSR count). The number of rotatable bonds is 7. The lowest BCUT2D eigenvalue weighted by molar-refractivity contribution is -0.274. The number of alkyl halides is 3. The highest BCUT2D eigenvalue weighted by Gasteiger charge is 2.59. The number of fused-ring (bicyclic) bond motifs is 1. The zero-order chi connectivity index (χ0) is 28.0. The van der Waals surface area contributed by atoms with Gasteiger partial charge in [-0.2, -0.15) is 13.2 Å². The molecule has 4 aromatic rings. The van der Waals surface area contributed by atoms with Crippen LogP contribution in [0.4, 0.5) is 13.2 Å². The Balaban J connectivity index is 1.68. The fourth-order valence-corrected chi connectivity index (χ4v) is 4.87. The molecule has 0 amide bonds. The summed E-state index contributed by atoms with van der Waals surface area (Å²) in [5.74, 6) is -1.88. The second-order valence-corrected chi connectivity index (χ2v) is 9.50. The lowest BCUT2D eigenvalue weighted by Gasteiger charge is -2.37. The van der Waals surface area contributed by atoms with Crippen molar-refractivity contribution < 1.29 is 32.9 Å². The van der Waals surface area contributed by atoms with Crippen molar-refractivity contribution >= 4 is 28.6 Å². The summed E-state index contributed by atoms with van der Waals surface area (Å²) in [5, 5.41) is 20.1. The van der Waals surface area contributed by atoms with Crippen molar-refractivity contribution in [2.24, 2.45) is 14.1 Å². The Morgan fingerprint density at radius 3 is 2.16 bits per heavy atom. The van der Waals surface area contributed by atoms with Gasteiger partial charge in [-0.3, -0.25) is 13.9 Å². The van der Waals surface area contributed by atoms with Crippen LogP contribution in [0, 0.1) is 0 Å². The fraction of sp³-hybridized carbons (Fsp3) is 0.259. The number of aliphatic hydroxyl groups is 1. The highest BCUT2D eigenvalue weighted by Crippen LogP contribution is 2.50. The summed E-state index contributed by atoms with van der Waals surface area (Å²) in [4.78, 5) is 23.1. The molecule has 0 aliphatic carbocycles. The molecule has 7 nitrogen and oxygen atoms in total. The van der Waals surface area contributed by atoms with E-state index in [9.17, 15) is 27.9 Å². The van der Waals surface area contributed by atoms with E-state index >= 15 is 0 Å². The molecule has 1 aromatic heterocycles. The highest BCUT2D eigenvalue weighted by molar-refractivity contribution is 6.31. The maximum absolute atomic E-state index is 14.5. The Bertz CT molecular complexity index is 1580. The Morgan fingerprint density at radius 2 is 1.58 bits per heavy atom. The summed E-state index contributed by atoms with van der Waals surface area (Å²) in [6.07, 6.45) is -5.22. The molecule has 0 spiro atoms. The summed E-state index contributed by atoms with van der Waals surface area (Å²) in [6.45, 7) is 1.23. The maximum Gasteiger partial charge on any atom is 0.422 e. The summed E-state index contributed by atoms with van der Waals surface area (Å²) in [5.41, 5.74) is -2.87. The largest absolute Gasteiger partial charge is 0.481 e. The van der Waals surface area contributed by atoms with E-state index in [0.29, 0.717) is 16.8 Å². The van der Waals surface area contributed by atoms with Gasteiger partial charge in [0, 0.05) is 25.0 Å². The average molecular weight is 549 g/mol. The number of carbonyl (C=O) groups is 1. The Labute approximate surface area is 220 Å². The van der Waals surface area contributed by atoms with Crippen LogP contribution >= 0.6 is 11.6 Å². The standard InChI is InChI=1S/C27H24ClF3N2O5/c1-15(20-10-9-19(14-21(20)28)38-18-7-4-16(5-8-18)12-24(34)35)26(37,27(29,30)31)17-6-11-22-23(13-17)33(3)25(36)32(22)2/h4-11,13-15,37H,12H2,1-3H3,(H,34,35). The third kappa shape index (κ3) is 4.77. The molecule has 38 heavy (non-hydrogen) atoms. The first-order valence-corrected chi connectivity index (χ1v) is 11.8. The average Bonchev–Trinajstić information content (AvgIpc) is 3.07. The number of aliphatic carboxylic acids is 1. The second-order valence-electron chi connectivity index (χ2n) is 9.09. The number of benzene rings is 3. The third-order valence-electron chi connectivity index (χ3n) is 6.72. The number of imidazole rings is 1. The number of hydrogen-bond donors (Lipinski definition) is 2. The number of halogens is 4. The fourth-order valence-electron chi connectivity index (χ4n) is 4.54. The van der Waals surface area contributed by atoms with E-state index in [4.69, 9.17) is 21.4 Å². The van der Waals surface area contributed by atoms with Gasteiger partial charge in [-0.1, -0.05) is 42.8 Å². The molecule has 0 saturated carbocycles. The van der Waals surface area contributed by atoms with Crippen molar-refractivity contribution in [3.8, 4) is 11.5 Å². The molecule has 1 heterocycles. The summed E-state index contributed by atoms with van der Waals surface area (Å²) in [7, 11) is 2.95. The highest BCUT2D eigenvalue weighted by atomic mass is 35.5. The SMILES string of the molecule is CC(c1ccc(Oc2ccc(CC(=O)O)cc2)cc1Cl)C(O)(c1ccc2c(c1)n(C)c(=O)n2C)C(F)(F)F. The van der Waals surface area contributed by atoms with Crippen molar-refractivity contribution in [1.82, 2.24) is 9.13 Å². The van der Waals surface area contributed by atoms with E-state index in [1.165, 1.54) is 60.5 Å². The Kier molecular flexibility index (Phi) is 7.07. The molecule has 0 saturated heterocycles. The van der Waals surface area contributed by atoms with Crippen LogP contribution in [-0.4, -0.2) is 31.5 Å². The molecular formula is C27H24ClF3N2O5. The smallest absolute Gasteiger partial charge is 0.422 e. The van der Waals surface area contributed by atoms with Crippen LogP contribution in [0.15, 0.2) is 65.5 Å². The van der Waals surface area contributed by atoms with Gasteiger partial charge in [0.1, 0.15) is 11.5 Å². The Hall–Kier alpha value is -3.76. The number of carboxylic acids is 1. The predicted molar refractivity (Wildman–Crippen MR) is 136 cm³/mol. The van der Waals surface area contributed by atoms with Crippen LogP contribution in [0.1, 0.15) is 29.5 Å². The summed E-state index contributed by atoms with van der Waals surface area (Å²) < 4.78 is 51.7. The molecule has 2 N–H and O–H groups in total. The van der Waals surface area contributed by atoms with E-state index in [1.54, 1.807) is 24.3 Å². The van der Waals surface area contributed by atoms with Crippen LogP contribution < -0.4 is 10.4 Å². The van der Waals surface area contributed by atoms with Crippen molar-refractivity contribution in [3.05, 3.63) is 92.9 Å². The first kappa shape index (κ1) is 27.3. The van der Waals surface area contributed by atoms with Crippen molar-refractivity contribution in [2.45, 2.75) is 31.0 Å². The summed E-state index contributed by atoms with van der Waals surface area (Å²) >= 11 is 6.39. The molecule has 0 aliphatic rings. The van der Waals surface area contributed by atoms with Crippen molar-refractivity contribution in [1.29, 1.82) is 0 Å². The molecule has 3 aromatic carbocycles. The number of hydrogen-bond acceptors (Lipinski definition) is 4. The zero-order valence-corrected chi connectivity index (χ0v) is 21.3. The van der Waals surface area contributed by atoms with Gasteiger partial charge in [0.2, 0.25) is 0 Å². The predicted octanol–water partition coefficient (Wildman–Crippen LogP) is 5.50. The lowest BCUT2D eigenvalue weighted by Crippen LogP contribution is -2.46. The molecule has 11 heteroatoms. The minimum atomic E-state index is -5.08. The first-order chi connectivity index (χ1) is 17.7. The maximum atomic E-state index is 14.5. The lowest BCUT2D eigenvalue weighted by atomic mass is 9.77. The number of ether oxygens (including phenoxy) is 1. The first-order valence-electron chi connectivity index (χ1n) is 11.5. The van der Waals surface area contributed by atoms with Crippen LogP contribution in [0.5, 0.6) is 11.5 Å². The topological polar surface area (TPSA) is 93.7 Å². The van der Waals surface area contributed by atoms with Crippen molar-refractivity contribution in [3.63, 3.8) is 0 Å². The molecular weight excluding hydrogens is 525 g/mol. The third-order valence-corrected chi connectivity index (χ3v) is 7.05. The van der Waals surface area contributed by atoms with Gasteiger partial charge in [0.05, 0.1) is 17.5 Å². The van der Waals surface area contributed by atoms with E-state index in [-0.39, 0.29) is 28.3 Å². The van der Waals surface area contributed by atoms with Crippen LogP contribution in [0.3, 0.4) is 0 Å². The molecule has 2 unspecified atom stereocenters. The van der Waals surface area contributed by atoms with E-state index in [1.807, 2.05) is 0 Å². The van der Waals surface area contributed by atoms with Crippen LogP contribution in [-0.2, 0) is 30.9 Å². The number of nitrogens with zero attached hydrogens (tertiary/aromatic N) is 2. The van der Waals surface area contributed by atoms with Gasteiger partial charge in [0.15, 0.2) is 5.60 Å². The summed E-state index contributed by atoms with van der Waals surface area (Å²) in [6, 6.07) is 14.1. The monoisotopic (exact) mass is 548 g/mol. The number of aromatic nitrogens is 2. The van der Waals surface area contributed by atoms with E-state index in [0.717, 1.165) is 6.07 Å². The normalized spacial score (nSPS) is 14.3. The molecule has 0 bridgehead atoms. The second kappa shape index (κ2) is 9.85. The van der Waals surface area contributed by atoms with Gasteiger partial charge in [-0.05, 0) is 53.1 Å². The molecule has 0 fully saturated rings. The van der Waals surface area contributed by atoms with Crippen LogP contribution in [0.2, 0.25) is 5.02 Å². The molecule has 2 atom stereocenters. The van der Waals surface area contributed by atoms with Crippen molar-refractivity contribution in [2.75, 3.05) is 0 Å². The molecule has 200 valence electrons. The van der Waals surface area contributed by atoms with Gasteiger partial charge in [-0.25, -0.2) is 4.79 Å². The number of aryl methyl sites for hydroxylation is 2. The minimum absolute atomic E-state index is 0.0395. The van der Waals surface area contributed by atoms with Crippen LogP contribution in [0.25, 0.3) is 11.0 Å². The van der Waals surface area contributed by atoms with Gasteiger partial charge in [0.25, 0.3) is 0 Å². The van der Waals surface area contributed by atoms with E-state index in [2.05, 4.69) is 0 Å². The quantitative estimate of drug-likeness (QED) is 0.318. The van der Waals surface area contributed by atoms with Gasteiger partial charge in [-0.15, -0.1) is 0 Å². The minimum Gasteiger partial charge on any atom is -0.481 e.